The highest BCUT2D eigenvalue weighted by Gasteiger charge is 2.19. The van der Waals surface area contributed by atoms with E-state index in [9.17, 15) is 0 Å². The minimum absolute atomic E-state index is 0.134. The van der Waals surface area contributed by atoms with Crippen LogP contribution in [0.1, 0.15) is 26.5 Å². The largest absolute Gasteiger partial charge is 0.481 e. The van der Waals surface area contributed by atoms with Gasteiger partial charge in [-0.25, -0.2) is 4.98 Å². The Labute approximate surface area is 110 Å². The summed E-state index contributed by atoms with van der Waals surface area (Å²) >= 11 is 0. The summed E-state index contributed by atoms with van der Waals surface area (Å²) in [6, 6.07) is 5.87. The number of hydrogen-bond acceptors (Lipinski definition) is 4. The molecule has 4 nitrogen and oxygen atoms in total. The second kappa shape index (κ2) is 6.71. The van der Waals surface area contributed by atoms with E-state index in [2.05, 4.69) is 30.7 Å². The molecule has 0 unspecified atom stereocenters. The summed E-state index contributed by atoms with van der Waals surface area (Å²) in [4.78, 5) is 6.80. The molecule has 1 aromatic heterocycles. The molecular weight excluding hydrogens is 226 g/mol. The van der Waals surface area contributed by atoms with Crippen molar-refractivity contribution < 1.29 is 4.74 Å². The van der Waals surface area contributed by atoms with Gasteiger partial charge in [-0.3, -0.25) is 4.90 Å². The zero-order valence-corrected chi connectivity index (χ0v) is 11.9. The van der Waals surface area contributed by atoms with Crippen molar-refractivity contribution in [2.75, 3.05) is 26.7 Å². The Bertz CT molecular complexity index is 366. The lowest BCUT2D eigenvalue weighted by atomic mass is 9.93. The zero-order valence-electron chi connectivity index (χ0n) is 11.9. The molecule has 4 heteroatoms. The van der Waals surface area contributed by atoms with Gasteiger partial charge in [-0.2, -0.15) is 0 Å². The summed E-state index contributed by atoms with van der Waals surface area (Å²) in [5.74, 6) is 0.668. The molecule has 0 radical (unpaired) electrons. The van der Waals surface area contributed by atoms with Gasteiger partial charge in [-0.05, 0) is 24.6 Å². The van der Waals surface area contributed by atoms with Gasteiger partial charge in [0.15, 0.2) is 0 Å². The third-order valence-corrected chi connectivity index (χ3v) is 3.03. The van der Waals surface area contributed by atoms with Crippen LogP contribution in [0.5, 0.6) is 5.88 Å². The fourth-order valence-corrected chi connectivity index (χ4v) is 1.84. The Hall–Kier alpha value is -1.13. The van der Waals surface area contributed by atoms with Crippen LogP contribution in [0.3, 0.4) is 0 Å². The lowest BCUT2D eigenvalue weighted by molar-refractivity contribution is 0.181. The van der Waals surface area contributed by atoms with E-state index < -0.39 is 0 Å². The highest BCUT2D eigenvalue weighted by atomic mass is 16.5. The van der Waals surface area contributed by atoms with Crippen LogP contribution < -0.4 is 10.5 Å². The number of rotatable bonds is 7. The van der Waals surface area contributed by atoms with E-state index in [1.165, 1.54) is 0 Å². The first-order chi connectivity index (χ1) is 8.50. The second-order valence-electron chi connectivity index (χ2n) is 5.34. The van der Waals surface area contributed by atoms with Crippen LogP contribution >= 0.6 is 0 Å². The van der Waals surface area contributed by atoms with E-state index >= 15 is 0 Å². The summed E-state index contributed by atoms with van der Waals surface area (Å²) in [6.45, 7) is 10.0. The molecule has 0 saturated carbocycles. The Balaban J connectivity index is 2.67. The van der Waals surface area contributed by atoms with E-state index in [0.717, 1.165) is 25.3 Å². The second-order valence-corrected chi connectivity index (χ2v) is 5.34. The Kier molecular flexibility index (Phi) is 5.56. The van der Waals surface area contributed by atoms with Crippen molar-refractivity contribution in [2.24, 2.45) is 11.1 Å². The number of ether oxygens (including phenoxy) is 1. The highest BCUT2D eigenvalue weighted by Crippen LogP contribution is 2.17. The predicted octanol–water partition coefficient (Wildman–Crippen LogP) is 1.90. The molecule has 0 atom stereocenters. The average Bonchev–Trinajstić information content (AvgIpc) is 2.38. The Morgan fingerprint density at radius 3 is 2.67 bits per heavy atom. The van der Waals surface area contributed by atoms with Gasteiger partial charge in [-0.15, -0.1) is 0 Å². The maximum absolute atomic E-state index is 5.79. The van der Waals surface area contributed by atoms with Crippen molar-refractivity contribution in [1.82, 2.24) is 9.88 Å². The van der Waals surface area contributed by atoms with Gasteiger partial charge in [0.25, 0.3) is 0 Å². The minimum Gasteiger partial charge on any atom is -0.481 e. The first-order valence-corrected chi connectivity index (χ1v) is 6.43. The maximum atomic E-state index is 5.79. The molecule has 0 fully saturated rings. The molecule has 0 aromatic carbocycles. The molecule has 1 rings (SSSR count). The molecule has 2 N–H and O–H groups in total. The molecule has 0 aliphatic rings. The van der Waals surface area contributed by atoms with Crippen molar-refractivity contribution >= 4 is 0 Å². The monoisotopic (exact) mass is 251 g/mol. The topological polar surface area (TPSA) is 51.4 Å². The fraction of sp³-hybridized carbons (Fsp3) is 0.643. The number of hydrogen-bond donors (Lipinski definition) is 1. The van der Waals surface area contributed by atoms with Gasteiger partial charge in [0.05, 0.1) is 12.8 Å². The van der Waals surface area contributed by atoms with Crippen molar-refractivity contribution in [3.8, 4) is 5.88 Å². The van der Waals surface area contributed by atoms with E-state index in [0.29, 0.717) is 12.4 Å². The van der Waals surface area contributed by atoms with Crippen LogP contribution in [0.4, 0.5) is 0 Å². The van der Waals surface area contributed by atoms with Gasteiger partial charge >= 0.3 is 0 Å². The van der Waals surface area contributed by atoms with Crippen LogP contribution in [0.2, 0.25) is 0 Å². The van der Waals surface area contributed by atoms with E-state index in [-0.39, 0.29) is 5.41 Å². The molecule has 0 aliphatic heterocycles. The van der Waals surface area contributed by atoms with Gasteiger partial charge in [0.2, 0.25) is 5.88 Å². The first-order valence-electron chi connectivity index (χ1n) is 6.43. The smallest absolute Gasteiger partial charge is 0.213 e. The summed E-state index contributed by atoms with van der Waals surface area (Å²) in [5, 5.41) is 0. The maximum Gasteiger partial charge on any atom is 0.213 e. The number of nitrogens with zero attached hydrogens (tertiary/aromatic N) is 2. The SMILES string of the molecule is CCN(Cc1cccc(OC)n1)CC(C)(C)CN. The minimum atomic E-state index is 0.134. The van der Waals surface area contributed by atoms with Gasteiger partial charge in [0.1, 0.15) is 0 Å². The number of nitrogens with two attached hydrogens (primary N) is 1. The summed E-state index contributed by atoms with van der Waals surface area (Å²) in [6.07, 6.45) is 0. The summed E-state index contributed by atoms with van der Waals surface area (Å²) in [7, 11) is 1.64. The molecule has 102 valence electrons. The van der Waals surface area contributed by atoms with Crippen molar-refractivity contribution in [3.05, 3.63) is 23.9 Å². The normalized spacial score (nSPS) is 11.9. The molecule has 0 saturated heterocycles. The molecule has 1 aromatic rings. The molecule has 18 heavy (non-hydrogen) atoms. The van der Waals surface area contributed by atoms with Crippen LogP contribution in [0.15, 0.2) is 18.2 Å². The molecule has 0 bridgehead atoms. The van der Waals surface area contributed by atoms with Crippen molar-refractivity contribution in [2.45, 2.75) is 27.3 Å². The molecular formula is C14H25N3O. The third kappa shape index (κ3) is 4.63. The quantitative estimate of drug-likeness (QED) is 0.804. The predicted molar refractivity (Wildman–Crippen MR) is 74.6 cm³/mol. The fourth-order valence-electron chi connectivity index (χ4n) is 1.84. The molecule has 0 aliphatic carbocycles. The van der Waals surface area contributed by atoms with Crippen LogP contribution in [0.25, 0.3) is 0 Å². The van der Waals surface area contributed by atoms with Gasteiger partial charge < -0.3 is 10.5 Å². The third-order valence-electron chi connectivity index (χ3n) is 3.03. The molecule has 1 heterocycles. The molecule has 0 amide bonds. The number of pyridine rings is 1. The van der Waals surface area contributed by atoms with Crippen molar-refractivity contribution in [1.29, 1.82) is 0 Å². The Morgan fingerprint density at radius 1 is 1.39 bits per heavy atom. The standard InChI is InChI=1S/C14H25N3O/c1-5-17(11-14(2,3)10-15)9-12-7-6-8-13(16-12)18-4/h6-8H,5,9-11,15H2,1-4H3. The van der Waals surface area contributed by atoms with Crippen molar-refractivity contribution in [3.63, 3.8) is 0 Å². The summed E-state index contributed by atoms with van der Waals surface area (Å²) in [5.41, 5.74) is 6.95. The van der Waals surface area contributed by atoms with Gasteiger partial charge in [-0.1, -0.05) is 26.8 Å². The number of aromatic nitrogens is 1. The molecule has 0 spiro atoms. The Morgan fingerprint density at radius 2 is 2.11 bits per heavy atom. The first kappa shape index (κ1) is 14.9. The lowest BCUT2D eigenvalue weighted by Crippen LogP contribution is -2.38. The zero-order chi connectivity index (χ0) is 13.6. The lowest BCUT2D eigenvalue weighted by Gasteiger charge is -2.30. The van der Waals surface area contributed by atoms with E-state index in [4.69, 9.17) is 10.5 Å². The number of methoxy groups -OCH3 is 1. The van der Waals surface area contributed by atoms with Crippen LogP contribution in [0, 0.1) is 5.41 Å². The van der Waals surface area contributed by atoms with Crippen LogP contribution in [-0.2, 0) is 6.54 Å². The van der Waals surface area contributed by atoms with E-state index in [1.807, 2.05) is 18.2 Å². The summed E-state index contributed by atoms with van der Waals surface area (Å²) < 4.78 is 5.14. The van der Waals surface area contributed by atoms with Gasteiger partial charge in [0, 0.05) is 19.2 Å². The highest BCUT2D eigenvalue weighted by molar-refractivity contribution is 5.15. The van der Waals surface area contributed by atoms with Crippen LogP contribution in [-0.4, -0.2) is 36.6 Å². The average molecular weight is 251 g/mol. The van der Waals surface area contributed by atoms with E-state index in [1.54, 1.807) is 7.11 Å².